The van der Waals surface area contributed by atoms with Crippen LogP contribution >= 0.6 is 58.0 Å². The summed E-state index contributed by atoms with van der Waals surface area (Å²) in [5.41, 5.74) is 8.16. The number of methoxy groups -OCH3 is 2. The predicted octanol–water partition coefficient (Wildman–Crippen LogP) is 11.8. The molecule has 352 valence electrons. The van der Waals surface area contributed by atoms with Gasteiger partial charge in [0.05, 0.1) is 51.3 Å². The summed E-state index contributed by atoms with van der Waals surface area (Å²) >= 11 is 31.4. The van der Waals surface area contributed by atoms with Crippen molar-refractivity contribution in [2.24, 2.45) is 0 Å². The molecule has 2 saturated heterocycles. The summed E-state index contributed by atoms with van der Waals surface area (Å²) < 4.78 is 20.8. The molecular weight excluding hydrogens is 958 g/mol. The normalized spacial score (nSPS) is 16.1. The van der Waals surface area contributed by atoms with Crippen LogP contribution in [0.5, 0.6) is 0 Å². The zero-order chi connectivity index (χ0) is 47.0. The van der Waals surface area contributed by atoms with Gasteiger partial charge in [0.1, 0.15) is 22.9 Å². The highest BCUT2D eigenvalue weighted by atomic mass is 35.5. The third kappa shape index (κ3) is 11.7. The van der Waals surface area contributed by atoms with Crippen LogP contribution in [0, 0.1) is 0 Å². The predicted molar refractivity (Wildman–Crippen MR) is 266 cm³/mol. The fraction of sp³-hybridized carbons (Fsp3) is 0.360. The lowest BCUT2D eigenvalue weighted by Crippen LogP contribution is -2.46. The summed E-state index contributed by atoms with van der Waals surface area (Å²) in [6, 6.07) is 26.0. The van der Waals surface area contributed by atoms with E-state index in [9.17, 15) is 9.59 Å². The number of benzene rings is 4. The number of carbonyl (C=O) groups excluding carboxylic acids is 2. The molecule has 2 aliphatic carbocycles. The maximum absolute atomic E-state index is 11.9. The molecule has 0 amide bonds. The molecule has 67 heavy (non-hydrogen) atoms. The van der Waals surface area contributed by atoms with Crippen molar-refractivity contribution in [3.05, 3.63) is 139 Å². The van der Waals surface area contributed by atoms with Gasteiger partial charge in [-0.3, -0.25) is 4.90 Å². The standard InChI is InChI=1S/C25H25Cl2N3O3.C13H10Cl3NO.C12H16N2O2/c1-32-25(31)17-4-2-5-18(14-17)30-12-10-29(11-13-30)15-19-23(28-33-24(19)16-8-9-16)22-20(26)6-3-7-21(22)27;14-6-8-12(17-18-13(8)7-4-5-7)11-9(15)2-1-3-10(11)16;1-16-12(15)10-3-2-4-11(9-10)14-7-5-13-6-8-14/h2-7,14,16H,8-13,15H2,1H3;1-3,7H,4-6H2;2-4,9,13H,5-8H2,1H3. The first kappa shape index (κ1) is 48.7. The average molecular weight is 1010 g/mol. The van der Waals surface area contributed by atoms with Crippen molar-refractivity contribution in [3.63, 3.8) is 0 Å². The number of anilines is 2. The van der Waals surface area contributed by atoms with Crippen LogP contribution in [-0.2, 0) is 21.9 Å². The highest BCUT2D eigenvalue weighted by molar-refractivity contribution is 6.39. The van der Waals surface area contributed by atoms with E-state index < -0.39 is 0 Å². The number of nitrogens with zero attached hydrogens (tertiary/aromatic N) is 5. The van der Waals surface area contributed by atoms with Crippen LogP contribution in [0.25, 0.3) is 22.5 Å². The van der Waals surface area contributed by atoms with Crippen LogP contribution in [0.15, 0.2) is 94.0 Å². The van der Waals surface area contributed by atoms with E-state index in [0.717, 1.165) is 130 Å². The number of halogens is 5. The first-order chi connectivity index (χ1) is 32.6. The van der Waals surface area contributed by atoms with E-state index in [1.807, 2.05) is 54.6 Å². The zero-order valence-electron chi connectivity index (χ0n) is 37.2. The van der Waals surface area contributed by atoms with Crippen LogP contribution in [-0.4, -0.2) is 93.7 Å². The smallest absolute Gasteiger partial charge is 0.337 e. The van der Waals surface area contributed by atoms with Crippen molar-refractivity contribution in [2.75, 3.05) is 76.4 Å². The third-order valence-electron chi connectivity index (χ3n) is 12.2. The summed E-state index contributed by atoms with van der Waals surface area (Å²) in [6.45, 7) is 8.15. The molecule has 0 atom stereocenters. The Bertz CT molecular complexity index is 2630. The van der Waals surface area contributed by atoms with Crippen molar-refractivity contribution in [1.82, 2.24) is 20.5 Å². The van der Waals surface area contributed by atoms with Gasteiger partial charge in [-0.25, -0.2) is 9.59 Å². The number of carbonyl (C=O) groups is 2. The van der Waals surface area contributed by atoms with Crippen molar-refractivity contribution in [2.45, 2.75) is 49.9 Å². The van der Waals surface area contributed by atoms with Crippen LogP contribution < -0.4 is 15.1 Å². The molecule has 12 nitrogen and oxygen atoms in total. The highest BCUT2D eigenvalue weighted by Crippen LogP contribution is 2.47. The van der Waals surface area contributed by atoms with Gasteiger partial charge in [0.2, 0.25) is 0 Å². The number of hydrogen-bond donors (Lipinski definition) is 1. The second-order valence-corrected chi connectivity index (χ2v) is 18.6. The van der Waals surface area contributed by atoms with Crippen LogP contribution in [0.2, 0.25) is 20.1 Å². The average Bonchev–Trinajstić information content (AvgIpc) is 4.31. The fourth-order valence-electron chi connectivity index (χ4n) is 8.31. The molecule has 2 saturated carbocycles. The SMILES string of the molecule is COC(=O)c1cccc(N2CCN(Cc3c(-c4c(Cl)cccc4Cl)noc3C3CC3)CC2)c1.COC(=O)c1cccc(N2CCNCC2)c1.ClCc1c(-c2c(Cl)cccc2Cl)noc1C1CC1. The van der Waals surface area contributed by atoms with Gasteiger partial charge in [-0.05, 0) is 86.3 Å². The summed E-state index contributed by atoms with van der Waals surface area (Å²) in [7, 11) is 2.80. The Morgan fingerprint density at radius 2 is 1.03 bits per heavy atom. The molecule has 6 aromatic rings. The number of rotatable bonds is 11. The number of hydrogen-bond acceptors (Lipinski definition) is 12. The van der Waals surface area contributed by atoms with Gasteiger partial charge in [-0.1, -0.05) is 81.0 Å². The zero-order valence-corrected chi connectivity index (χ0v) is 41.0. The number of nitrogens with one attached hydrogen (secondary N) is 1. The van der Waals surface area contributed by atoms with Gasteiger partial charge >= 0.3 is 11.9 Å². The van der Waals surface area contributed by atoms with Crippen LogP contribution in [0.1, 0.15) is 80.9 Å². The van der Waals surface area contributed by atoms with Gasteiger partial charge in [-0.2, -0.15) is 0 Å². The maximum Gasteiger partial charge on any atom is 0.337 e. The molecule has 0 unspecified atom stereocenters. The molecular formula is C50H51Cl5N6O6. The molecule has 2 aromatic heterocycles. The lowest BCUT2D eigenvalue weighted by atomic mass is 10.0. The van der Waals surface area contributed by atoms with Crippen molar-refractivity contribution in [3.8, 4) is 22.5 Å². The molecule has 0 radical (unpaired) electrons. The van der Waals surface area contributed by atoms with E-state index in [2.05, 4.69) is 30.3 Å². The number of esters is 2. The molecule has 4 aliphatic rings. The maximum atomic E-state index is 11.9. The van der Waals surface area contributed by atoms with Crippen LogP contribution in [0.3, 0.4) is 0 Å². The first-order valence-corrected chi connectivity index (χ1v) is 24.3. The minimum atomic E-state index is -0.318. The molecule has 0 bridgehead atoms. The Hall–Kier alpha value is -4.79. The van der Waals surface area contributed by atoms with Crippen molar-refractivity contribution in [1.29, 1.82) is 0 Å². The molecule has 2 aliphatic heterocycles. The number of aromatic nitrogens is 2. The fourth-order valence-corrected chi connectivity index (χ4v) is 9.72. The Morgan fingerprint density at radius 3 is 1.46 bits per heavy atom. The van der Waals surface area contributed by atoms with E-state index in [4.69, 9.17) is 76.5 Å². The van der Waals surface area contributed by atoms with Crippen LogP contribution in [0.4, 0.5) is 11.4 Å². The Kier molecular flexibility index (Phi) is 16.4. The first-order valence-electron chi connectivity index (χ1n) is 22.3. The Morgan fingerprint density at radius 1 is 0.612 bits per heavy atom. The Balaban J connectivity index is 0.000000150. The molecule has 0 spiro atoms. The van der Waals surface area contributed by atoms with E-state index in [-0.39, 0.29) is 11.9 Å². The van der Waals surface area contributed by atoms with Gasteiger partial charge in [0, 0.05) is 104 Å². The molecule has 1 N–H and O–H groups in total. The lowest BCUT2D eigenvalue weighted by Gasteiger charge is -2.36. The largest absolute Gasteiger partial charge is 0.465 e. The molecule has 4 heterocycles. The van der Waals surface area contributed by atoms with E-state index in [1.54, 1.807) is 30.3 Å². The van der Waals surface area contributed by atoms with Gasteiger partial charge in [-0.15, -0.1) is 11.6 Å². The molecule has 4 aromatic carbocycles. The quantitative estimate of drug-likeness (QED) is 0.0981. The Labute approximate surface area is 415 Å². The third-order valence-corrected chi connectivity index (χ3v) is 13.7. The van der Waals surface area contributed by atoms with Gasteiger partial charge < -0.3 is 33.6 Å². The van der Waals surface area contributed by atoms with Gasteiger partial charge in [0.25, 0.3) is 0 Å². The molecule has 10 rings (SSSR count). The number of piperazine rings is 2. The topological polar surface area (TPSA) is 126 Å². The van der Waals surface area contributed by atoms with Gasteiger partial charge in [0.15, 0.2) is 0 Å². The molecule has 4 fully saturated rings. The number of ether oxygens (including phenoxy) is 2. The summed E-state index contributed by atoms with van der Waals surface area (Å²) in [4.78, 5) is 30.3. The van der Waals surface area contributed by atoms with Crippen molar-refractivity contribution < 1.29 is 28.1 Å². The second-order valence-electron chi connectivity index (χ2n) is 16.7. The minimum absolute atomic E-state index is 0.281. The number of alkyl halides is 1. The lowest BCUT2D eigenvalue weighted by molar-refractivity contribution is 0.0592. The van der Waals surface area contributed by atoms with E-state index in [0.29, 0.717) is 60.2 Å². The van der Waals surface area contributed by atoms with E-state index in [1.165, 1.54) is 14.2 Å². The summed E-state index contributed by atoms with van der Waals surface area (Å²) in [5.74, 6) is 2.50. The van der Waals surface area contributed by atoms with E-state index >= 15 is 0 Å². The monoisotopic (exact) mass is 1010 g/mol. The summed E-state index contributed by atoms with van der Waals surface area (Å²) in [5, 5.41) is 14.1. The summed E-state index contributed by atoms with van der Waals surface area (Å²) in [6.07, 6.45) is 4.52. The van der Waals surface area contributed by atoms with Crippen molar-refractivity contribution >= 4 is 81.3 Å². The molecule has 17 heteroatoms. The second kappa shape index (κ2) is 22.5. The highest BCUT2D eigenvalue weighted by Gasteiger charge is 2.35. The minimum Gasteiger partial charge on any atom is -0.465 e.